The number of hydrogen-bond donors (Lipinski definition) is 2. The lowest BCUT2D eigenvalue weighted by molar-refractivity contribution is -0.143. The predicted molar refractivity (Wildman–Crippen MR) is 50.2 cm³/mol. The molecule has 0 amide bonds. The van der Waals surface area contributed by atoms with Gasteiger partial charge in [0.1, 0.15) is 6.04 Å². The van der Waals surface area contributed by atoms with Crippen molar-refractivity contribution >= 4 is 23.3 Å². The number of carboxylic acid groups (broad SMARTS) is 1. The third kappa shape index (κ3) is 5.02. The fourth-order valence-electron chi connectivity index (χ4n) is 0.916. The van der Waals surface area contributed by atoms with Gasteiger partial charge in [-0.2, -0.15) is 0 Å². The van der Waals surface area contributed by atoms with E-state index in [0.717, 1.165) is 6.92 Å². The minimum Gasteiger partial charge on any atom is -0.480 e. The lowest BCUT2D eigenvalue weighted by Crippen LogP contribution is -2.30. The molecule has 0 aliphatic heterocycles. The maximum Gasteiger partial charge on any atom is 0.320 e. The number of nitrogens with two attached hydrogens (primary N) is 1. The van der Waals surface area contributed by atoms with E-state index in [0.29, 0.717) is 0 Å². The monoisotopic (exact) mass is 215 g/mol. The van der Waals surface area contributed by atoms with Crippen LogP contribution in [0.4, 0.5) is 0 Å². The molecule has 0 aromatic heterocycles. The molecule has 15 heavy (non-hydrogen) atoms. The zero-order chi connectivity index (χ0) is 12.0. The molecule has 84 valence electrons. The van der Waals surface area contributed by atoms with Gasteiger partial charge in [0.2, 0.25) is 11.6 Å². The summed E-state index contributed by atoms with van der Waals surface area (Å²) in [5.74, 6) is -3.79. The Hall–Kier alpha value is -1.56. The van der Waals surface area contributed by atoms with E-state index in [-0.39, 0.29) is 19.3 Å². The Kier molecular flexibility index (Phi) is 5.40. The van der Waals surface area contributed by atoms with E-state index in [4.69, 9.17) is 10.8 Å². The number of aliphatic carboxylic acids is 1. The van der Waals surface area contributed by atoms with Crippen molar-refractivity contribution in [3.63, 3.8) is 0 Å². The van der Waals surface area contributed by atoms with Gasteiger partial charge in [-0.15, -0.1) is 0 Å². The molecule has 0 saturated carbocycles. The van der Waals surface area contributed by atoms with Crippen LogP contribution in [-0.4, -0.2) is 34.5 Å². The maximum absolute atomic E-state index is 11.0. The van der Waals surface area contributed by atoms with E-state index >= 15 is 0 Å². The molecule has 1 unspecified atom stereocenters. The largest absolute Gasteiger partial charge is 0.480 e. The first-order chi connectivity index (χ1) is 6.86. The van der Waals surface area contributed by atoms with Crippen LogP contribution >= 0.6 is 0 Å². The van der Waals surface area contributed by atoms with E-state index in [9.17, 15) is 19.2 Å². The first-order valence-electron chi connectivity index (χ1n) is 4.42. The summed E-state index contributed by atoms with van der Waals surface area (Å²) in [7, 11) is 0. The molecule has 3 N–H and O–H groups in total. The van der Waals surface area contributed by atoms with Gasteiger partial charge in [0.25, 0.3) is 5.78 Å². The zero-order valence-electron chi connectivity index (χ0n) is 8.36. The van der Waals surface area contributed by atoms with Crippen molar-refractivity contribution in [2.24, 2.45) is 5.73 Å². The fourth-order valence-corrected chi connectivity index (χ4v) is 0.916. The molecule has 0 bridgehead atoms. The van der Waals surface area contributed by atoms with Crippen LogP contribution in [0.1, 0.15) is 26.2 Å². The summed E-state index contributed by atoms with van der Waals surface area (Å²) in [5.41, 5.74) is 5.18. The Morgan fingerprint density at radius 3 is 2.20 bits per heavy atom. The Bertz CT molecular complexity index is 297. The fraction of sp³-hybridized carbons (Fsp3) is 0.556. The van der Waals surface area contributed by atoms with Crippen LogP contribution in [0.25, 0.3) is 0 Å². The van der Waals surface area contributed by atoms with Crippen molar-refractivity contribution in [2.45, 2.75) is 32.2 Å². The van der Waals surface area contributed by atoms with Gasteiger partial charge < -0.3 is 10.8 Å². The average Bonchev–Trinajstić information content (AvgIpc) is 2.15. The van der Waals surface area contributed by atoms with Crippen LogP contribution in [-0.2, 0) is 19.2 Å². The molecule has 0 spiro atoms. The molecule has 0 aromatic carbocycles. The van der Waals surface area contributed by atoms with Gasteiger partial charge in [-0.1, -0.05) is 0 Å². The van der Waals surface area contributed by atoms with Gasteiger partial charge in [-0.3, -0.25) is 19.2 Å². The zero-order valence-corrected chi connectivity index (χ0v) is 8.36. The number of rotatable bonds is 7. The molecule has 6 heteroatoms. The molecule has 0 aliphatic rings. The van der Waals surface area contributed by atoms with Crippen molar-refractivity contribution < 1.29 is 24.3 Å². The van der Waals surface area contributed by atoms with Crippen molar-refractivity contribution in [2.75, 3.05) is 0 Å². The molecule has 0 heterocycles. The lowest BCUT2D eigenvalue weighted by atomic mass is 10.0. The van der Waals surface area contributed by atoms with Crippen LogP contribution in [0.3, 0.4) is 0 Å². The highest BCUT2D eigenvalue weighted by molar-refractivity contribution is 6.63. The van der Waals surface area contributed by atoms with Crippen molar-refractivity contribution in [1.29, 1.82) is 0 Å². The summed E-state index contributed by atoms with van der Waals surface area (Å²) in [6, 6.07) is -1.04. The highest BCUT2D eigenvalue weighted by Crippen LogP contribution is 2.01. The Balaban J connectivity index is 3.88. The number of carbonyl (C=O) groups is 4. The SMILES string of the molecule is CC(=O)C(=O)C(=O)CCCC(N)C(=O)O. The van der Waals surface area contributed by atoms with Crippen LogP contribution < -0.4 is 5.73 Å². The molecule has 0 fully saturated rings. The smallest absolute Gasteiger partial charge is 0.320 e. The molecule has 0 aromatic rings. The van der Waals surface area contributed by atoms with Gasteiger partial charge in [0, 0.05) is 13.3 Å². The molecular weight excluding hydrogens is 202 g/mol. The number of carbonyl (C=O) groups excluding carboxylic acids is 3. The Labute approximate surface area is 86.4 Å². The third-order valence-electron chi connectivity index (χ3n) is 1.81. The third-order valence-corrected chi connectivity index (χ3v) is 1.81. The minimum absolute atomic E-state index is 0.103. The highest BCUT2D eigenvalue weighted by Gasteiger charge is 2.19. The van der Waals surface area contributed by atoms with E-state index < -0.39 is 29.4 Å². The molecular formula is C9H13NO5. The van der Waals surface area contributed by atoms with Crippen LogP contribution in [0, 0.1) is 0 Å². The first-order valence-corrected chi connectivity index (χ1v) is 4.42. The first kappa shape index (κ1) is 13.4. The molecule has 0 rings (SSSR count). The lowest BCUT2D eigenvalue weighted by Gasteiger charge is -2.04. The topological polar surface area (TPSA) is 115 Å². The predicted octanol–water partition coefficient (Wildman–Crippen LogP) is -0.704. The maximum atomic E-state index is 11.0. The van der Waals surface area contributed by atoms with Gasteiger partial charge in [0.15, 0.2) is 0 Å². The second-order valence-electron chi connectivity index (χ2n) is 3.15. The van der Waals surface area contributed by atoms with Gasteiger partial charge >= 0.3 is 5.97 Å². The number of Topliss-reactive ketones (excluding diaryl/α,β-unsaturated/α-hetero) is 3. The summed E-state index contributed by atoms with van der Waals surface area (Å²) in [6.45, 7) is 1.02. The van der Waals surface area contributed by atoms with Crippen LogP contribution in [0.5, 0.6) is 0 Å². The summed E-state index contributed by atoms with van der Waals surface area (Å²) in [5, 5.41) is 8.41. The number of hydrogen-bond acceptors (Lipinski definition) is 5. The summed E-state index contributed by atoms with van der Waals surface area (Å²) in [4.78, 5) is 42.6. The summed E-state index contributed by atoms with van der Waals surface area (Å²) < 4.78 is 0. The van der Waals surface area contributed by atoms with Crippen molar-refractivity contribution in [3.05, 3.63) is 0 Å². The molecule has 0 saturated heterocycles. The quantitative estimate of drug-likeness (QED) is 0.428. The van der Waals surface area contributed by atoms with Crippen molar-refractivity contribution in [1.82, 2.24) is 0 Å². The van der Waals surface area contributed by atoms with Crippen LogP contribution in [0.15, 0.2) is 0 Å². The Morgan fingerprint density at radius 2 is 1.80 bits per heavy atom. The van der Waals surface area contributed by atoms with Crippen molar-refractivity contribution in [3.8, 4) is 0 Å². The normalized spacial score (nSPS) is 11.9. The van der Waals surface area contributed by atoms with Gasteiger partial charge in [-0.05, 0) is 12.8 Å². The van der Waals surface area contributed by atoms with E-state index in [2.05, 4.69) is 0 Å². The van der Waals surface area contributed by atoms with Crippen LogP contribution in [0.2, 0.25) is 0 Å². The summed E-state index contributed by atoms with van der Waals surface area (Å²) in [6.07, 6.45) is 0.150. The van der Waals surface area contributed by atoms with E-state index in [1.165, 1.54) is 0 Å². The highest BCUT2D eigenvalue weighted by atomic mass is 16.4. The molecule has 0 aliphatic carbocycles. The second kappa shape index (κ2) is 6.02. The number of ketones is 3. The molecule has 6 nitrogen and oxygen atoms in total. The van der Waals surface area contributed by atoms with Gasteiger partial charge in [0.05, 0.1) is 0 Å². The molecule has 0 radical (unpaired) electrons. The Morgan fingerprint density at radius 1 is 1.27 bits per heavy atom. The van der Waals surface area contributed by atoms with E-state index in [1.807, 2.05) is 0 Å². The summed E-state index contributed by atoms with van der Waals surface area (Å²) >= 11 is 0. The van der Waals surface area contributed by atoms with Gasteiger partial charge in [-0.25, -0.2) is 0 Å². The average molecular weight is 215 g/mol. The minimum atomic E-state index is -1.15. The molecule has 1 atom stereocenters. The second-order valence-corrected chi connectivity index (χ2v) is 3.15. The standard InChI is InChI=1S/C9H13NO5/c1-5(11)8(13)7(12)4-2-3-6(10)9(14)15/h6H,2-4,10H2,1H3,(H,14,15). The number of carboxylic acids is 1. The van der Waals surface area contributed by atoms with E-state index in [1.54, 1.807) is 0 Å².